The van der Waals surface area contributed by atoms with Crippen molar-refractivity contribution in [2.45, 2.75) is 92.4 Å². The van der Waals surface area contributed by atoms with Gasteiger partial charge in [-0.1, -0.05) is 0 Å². The Hall–Kier alpha value is -3.24. The summed E-state index contributed by atoms with van der Waals surface area (Å²) in [5, 5.41) is 0. The van der Waals surface area contributed by atoms with Gasteiger partial charge in [0.05, 0.1) is 37.0 Å². The quantitative estimate of drug-likeness (QED) is 0.210. The van der Waals surface area contributed by atoms with Crippen LogP contribution in [0.4, 0.5) is 5.82 Å². The predicted molar refractivity (Wildman–Crippen MR) is 162 cm³/mol. The molecule has 12 nitrogen and oxygen atoms in total. The number of carbonyl (C=O) groups excluding carboxylic acids is 4. The van der Waals surface area contributed by atoms with Crippen molar-refractivity contribution in [2.75, 3.05) is 44.4 Å². The van der Waals surface area contributed by atoms with Gasteiger partial charge in [-0.25, -0.2) is 4.79 Å². The van der Waals surface area contributed by atoms with Crippen LogP contribution in [0.1, 0.15) is 74.7 Å². The minimum Gasteiger partial charge on any atom is -0.474 e. The molecule has 1 aromatic rings. The third-order valence-electron chi connectivity index (χ3n) is 7.14. The van der Waals surface area contributed by atoms with Crippen LogP contribution in [-0.2, 0) is 33.4 Å². The number of hydrogen-bond donors (Lipinski definition) is 0. The lowest BCUT2D eigenvalue weighted by Gasteiger charge is -2.37. The number of hydrogen-bond acceptors (Lipinski definition) is 12. The number of terminal acetylenes is 1. The minimum absolute atomic E-state index is 0.0357. The van der Waals surface area contributed by atoms with E-state index in [1.54, 1.807) is 18.7 Å². The molecule has 3 atom stereocenters. The molecule has 1 saturated heterocycles. The van der Waals surface area contributed by atoms with Gasteiger partial charge in [0, 0.05) is 50.9 Å². The van der Waals surface area contributed by atoms with Crippen LogP contribution in [-0.4, -0.2) is 94.5 Å². The molecule has 1 aliphatic rings. The van der Waals surface area contributed by atoms with Gasteiger partial charge < -0.3 is 28.7 Å². The van der Waals surface area contributed by atoms with Gasteiger partial charge in [-0.15, -0.1) is 16.7 Å². The molecule has 1 aliphatic heterocycles. The fourth-order valence-electron chi connectivity index (χ4n) is 4.38. The Bertz CT molecular complexity index is 1150. The average Bonchev–Trinajstić information content (AvgIpc) is 3.41. The van der Waals surface area contributed by atoms with Crippen LogP contribution < -0.4 is 9.64 Å². The molecule has 1 fully saturated rings. The van der Waals surface area contributed by atoms with Crippen LogP contribution >= 0.6 is 11.7 Å². The molecule has 0 unspecified atom stereocenters. The Morgan fingerprint density at radius 1 is 1.07 bits per heavy atom. The van der Waals surface area contributed by atoms with Crippen LogP contribution in [0.25, 0.3) is 0 Å². The van der Waals surface area contributed by atoms with E-state index in [4.69, 9.17) is 25.4 Å². The number of nitrogens with zero attached hydrogens (tertiary/aromatic N) is 4. The first-order chi connectivity index (χ1) is 20.1. The lowest BCUT2D eigenvalue weighted by atomic mass is 9.88. The summed E-state index contributed by atoms with van der Waals surface area (Å²) >= 11 is 1.03. The molecule has 2 heterocycles. The fraction of sp³-hybridized carbons (Fsp3) is 0.733. The third-order valence-corrected chi connectivity index (χ3v) is 7.64. The van der Waals surface area contributed by atoms with E-state index >= 15 is 0 Å². The SMILES string of the molecule is C#CCCC(C)(C)C(=O)O[C@@H](C)C(=O)O[C@@H](C)C(=O)C[C@H](COc1nsnc1N1CCOCC1)CN(C(C)=O)C(C)(C)C. The summed E-state index contributed by atoms with van der Waals surface area (Å²) in [6, 6.07) is 0. The number of ketones is 1. The molecule has 1 aromatic heterocycles. The van der Waals surface area contributed by atoms with E-state index in [1.807, 2.05) is 25.7 Å². The molecule has 2 rings (SSSR count). The number of rotatable bonds is 15. The second-order valence-electron chi connectivity index (χ2n) is 12.4. The molecular weight excluding hydrogens is 576 g/mol. The molecular formula is C30H46N4O8S. The van der Waals surface area contributed by atoms with Crippen molar-refractivity contribution >= 4 is 41.2 Å². The molecule has 1 amide bonds. The highest BCUT2D eigenvalue weighted by atomic mass is 32.1. The van der Waals surface area contributed by atoms with Crippen LogP contribution in [0.3, 0.4) is 0 Å². The number of morpholine rings is 1. The number of amides is 1. The predicted octanol–water partition coefficient (Wildman–Crippen LogP) is 3.28. The van der Waals surface area contributed by atoms with Crippen molar-refractivity contribution in [3.05, 3.63) is 0 Å². The number of ether oxygens (including phenoxy) is 4. The first-order valence-corrected chi connectivity index (χ1v) is 15.2. The number of anilines is 1. The second kappa shape index (κ2) is 16.0. The van der Waals surface area contributed by atoms with E-state index in [0.717, 1.165) is 11.7 Å². The van der Waals surface area contributed by atoms with Crippen molar-refractivity contribution in [3.8, 4) is 18.2 Å². The van der Waals surface area contributed by atoms with E-state index in [0.29, 0.717) is 50.8 Å². The van der Waals surface area contributed by atoms with Crippen molar-refractivity contribution in [1.82, 2.24) is 13.6 Å². The van der Waals surface area contributed by atoms with Gasteiger partial charge in [0.15, 0.2) is 18.0 Å². The van der Waals surface area contributed by atoms with E-state index in [9.17, 15) is 19.2 Å². The standard InChI is InChI=1S/C30H46N4O8S/c1-10-11-12-30(8,9)28(38)42-21(3)27(37)41-20(2)24(36)17-23(18-34(22(4)35)29(5,6)7)19-40-26-25(31-43-32-26)33-13-15-39-16-14-33/h1,20-21,23H,11-19H2,2-9H3/t20-,21-,23-/m0/s1. The lowest BCUT2D eigenvalue weighted by molar-refractivity contribution is -0.176. The van der Waals surface area contributed by atoms with Crippen LogP contribution in [0, 0.1) is 23.7 Å². The number of Topliss-reactive ketones (excluding diaryl/α,β-unsaturated/α-hetero) is 1. The summed E-state index contributed by atoms with van der Waals surface area (Å²) in [4.78, 5) is 54.8. The molecule has 13 heteroatoms. The lowest BCUT2D eigenvalue weighted by Crippen LogP contribution is -2.48. The maximum absolute atomic E-state index is 13.3. The molecule has 0 aromatic carbocycles. The zero-order valence-electron chi connectivity index (χ0n) is 26.6. The number of esters is 2. The van der Waals surface area contributed by atoms with Crippen molar-refractivity contribution in [3.63, 3.8) is 0 Å². The van der Waals surface area contributed by atoms with Crippen molar-refractivity contribution in [1.29, 1.82) is 0 Å². The van der Waals surface area contributed by atoms with E-state index in [-0.39, 0.29) is 31.3 Å². The Morgan fingerprint density at radius 2 is 1.72 bits per heavy atom. The molecule has 0 spiro atoms. The topological polar surface area (TPSA) is 137 Å². The molecule has 0 aliphatic carbocycles. The summed E-state index contributed by atoms with van der Waals surface area (Å²) < 4.78 is 30.9. The maximum Gasteiger partial charge on any atom is 0.347 e. The minimum atomic E-state index is -1.21. The smallest absolute Gasteiger partial charge is 0.347 e. The van der Waals surface area contributed by atoms with Crippen LogP contribution in [0.5, 0.6) is 5.88 Å². The summed E-state index contributed by atoms with van der Waals surface area (Å²) in [6.45, 7) is 16.2. The molecule has 0 bridgehead atoms. The van der Waals surface area contributed by atoms with Gasteiger partial charge in [-0.05, 0) is 54.9 Å². The van der Waals surface area contributed by atoms with E-state index in [1.165, 1.54) is 20.8 Å². The molecule has 43 heavy (non-hydrogen) atoms. The Morgan fingerprint density at radius 3 is 2.30 bits per heavy atom. The summed E-state index contributed by atoms with van der Waals surface area (Å²) in [6.07, 6.45) is 3.73. The normalized spacial score (nSPS) is 15.9. The first kappa shape index (κ1) is 36.0. The van der Waals surface area contributed by atoms with Gasteiger partial charge in [0.25, 0.3) is 5.88 Å². The highest BCUT2D eigenvalue weighted by molar-refractivity contribution is 6.99. The summed E-state index contributed by atoms with van der Waals surface area (Å²) in [7, 11) is 0. The highest BCUT2D eigenvalue weighted by Gasteiger charge is 2.34. The summed E-state index contributed by atoms with van der Waals surface area (Å²) in [5.41, 5.74) is -1.38. The van der Waals surface area contributed by atoms with Crippen LogP contribution in [0.15, 0.2) is 0 Å². The van der Waals surface area contributed by atoms with Gasteiger partial charge in [-0.3, -0.25) is 14.4 Å². The fourth-order valence-corrected chi connectivity index (χ4v) is 4.90. The van der Waals surface area contributed by atoms with Crippen molar-refractivity contribution in [2.24, 2.45) is 11.3 Å². The Kier molecular flexibility index (Phi) is 13.4. The number of carbonyl (C=O) groups is 4. The van der Waals surface area contributed by atoms with Gasteiger partial charge in [-0.2, -0.15) is 4.37 Å². The second-order valence-corrected chi connectivity index (χ2v) is 12.9. The van der Waals surface area contributed by atoms with Crippen molar-refractivity contribution < 1.29 is 38.1 Å². The first-order valence-electron chi connectivity index (χ1n) is 14.5. The third kappa shape index (κ3) is 11.1. The largest absolute Gasteiger partial charge is 0.474 e. The Labute approximate surface area is 259 Å². The van der Waals surface area contributed by atoms with E-state index < -0.39 is 41.0 Å². The zero-order valence-corrected chi connectivity index (χ0v) is 27.5. The summed E-state index contributed by atoms with van der Waals surface area (Å²) in [5.74, 6) is 1.10. The monoisotopic (exact) mass is 622 g/mol. The molecule has 0 N–H and O–H groups in total. The van der Waals surface area contributed by atoms with E-state index in [2.05, 4.69) is 14.7 Å². The highest BCUT2D eigenvalue weighted by Crippen LogP contribution is 2.28. The molecule has 0 saturated carbocycles. The molecule has 0 radical (unpaired) electrons. The van der Waals surface area contributed by atoms with Gasteiger partial charge in [0.2, 0.25) is 11.7 Å². The molecule has 240 valence electrons. The Balaban J connectivity index is 2.09. The average molecular weight is 623 g/mol. The number of aromatic nitrogens is 2. The van der Waals surface area contributed by atoms with Gasteiger partial charge in [0.1, 0.15) is 0 Å². The van der Waals surface area contributed by atoms with Gasteiger partial charge >= 0.3 is 11.9 Å². The zero-order chi connectivity index (χ0) is 32.4. The maximum atomic E-state index is 13.3. The van der Waals surface area contributed by atoms with Crippen LogP contribution in [0.2, 0.25) is 0 Å².